The third-order valence-electron chi connectivity index (χ3n) is 5.07. The van der Waals surface area contributed by atoms with E-state index in [0.717, 1.165) is 24.1 Å². The van der Waals surface area contributed by atoms with Crippen molar-refractivity contribution in [3.63, 3.8) is 0 Å². The number of hydrogen-bond acceptors (Lipinski definition) is 5. The molecule has 136 valence electrons. The second-order valence-corrected chi connectivity index (χ2v) is 6.99. The summed E-state index contributed by atoms with van der Waals surface area (Å²) in [4.78, 5) is 37.9. The van der Waals surface area contributed by atoms with E-state index in [0.29, 0.717) is 31.3 Å². The first-order valence-corrected chi connectivity index (χ1v) is 9.19. The van der Waals surface area contributed by atoms with Crippen LogP contribution in [0.25, 0.3) is 0 Å². The van der Waals surface area contributed by atoms with Gasteiger partial charge >= 0.3 is 0 Å². The fourth-order valence-electron chi connectivity index (χ4n) is 3.72. The summed E-state index contributed by atoms with van der Waals surface area (Å²) in [5.74, 6) is 0.791. The fourth-order valence-corrected chi connectivity index (χ4v) is 3.72. The Morgan fingerprint density at radius 2 is 2.19 bits per heavy atom. The average Bonchev–Trinajstić information content (AvgIpc) is 3.43. The molecule has 26 heavy (non-hydrogen) atoms. The summed E-state index contributed by atoms with van der Waals surface area (Å²) in [6.45, 7) is 2.40. The summed E-state index contributed by atoms with van der Waals surface area (Å²) >= 11 is 0. The van der Waals surface area contributed by atoms with Crippen LogP contribution in [0, 0.1) is 0 Å². The normalized spacial score (nSPS) is 22.8. The Kier molecular flexibility index (Phi) is 4.55. The van der Waals surface area contributed by atoms with Crippen molar-refractivity contribution in [1.82, 2.24) is 25.2 Å². The molecule has 7 heteroatoms. The number of nitrogens with one attached hydrogen (secondary N) is 2. The topological polar surface area (TPSA) is 91.0 Å². The van der Waals surface area contributed by atoms with Crippen LogP contribution >= 0.6 is 0 Å². The van der Waals surface area contributed by atoms with Gasteiger partial charge in [-0.25, -0.2) is 4.98 Å². The van der Waals surface area contributed by atoms with Crippen LogP contribution in [0.3, 0.4) is 0 Å². The number of likely N-dealkylation sites (tertiary alicyclic amines) is 1. The molecule has 2 atom stereocenters. The Labute approximate surface area is 151 Å². The predicted octanol–water partition coefficient (Wildman–Crippen LogP) is 1.32. The van der Waals surface area contributed by atoms with Crippen LogP contribution in [-0.2, 0) is 17.8 Å². The Morgan fingerprint density at radius 1 is 1.35 bits per heavy atom. The van der Waals surface area contributed by atoms with E-state index in [1.54, 1.807) is 6.20 Å². The number of nitrogens with zero attached hydrogens (tertiary/aromatic N) is 3. The number of carbonyl (C=O) groups excluding carboxylic acids is 1. The quantitative estimate of drug-likeness (QED) is 0.817. The molecule has 0 bridgehead atoms. The van der Waals surface area contributed by atoms with Crippen molar-refractivity contribution in [2.75, 3.05) is 0 Å². The van der Waals surface area contributed by atoms with Gasteiger partial charge in [-0.2, -0.15) is 0 Å². The summed E-state index contributed by atoms with van der Waals surface area (Å²) in [5.41, 5.74) is 1.68. The monoisotopic (exact) mass is 353 g/mol. The van der Waals surface area contributed by atoms with E-state index >= 15 is 0 Å². The van der Waals surface area contributed by atoms with Crippen molar-refractivity contribution in [2.45, 2.75) is 57.3 Å². The maximum Gasteiger partial charge on any atom is 0.251 e. The van der Waals surface area contributed by atoms with E-state index in [9.17, 15) is 9.59 Å². The largest absolute Gasteiger partial charge is 0.331 e. The molecule has 1 saturated heterocycles. The van der Waals surface area contributed by atoms with Crippen molar-refractivity contribution in [3.05, 3.63) is 58.0 Å². The van der Waals surface area contributed by atoms with Gasteiger partial charge in [-0.1, -0.05) is 13.0 Å². The number of pyridine rings is 1. The lowest BCUT2D eigenvalue weighted by molar-refractivity contribution is -0.129. The minimum Gasteiger partial charge on any atom is -0.331 e. The molecule has 0 spiro atoms. The molecule has 2 N–H and O–H groups in total. The van der Waals surface area contributed by atoms with Crippen molar-refractivity contribution < 1.29 is 4.79 Å². The Hall–Kier alpha value is -2.54. The molecule has 7 nitrogen and oxygen atoms in total. The highest BCUT2D eigenvalue weighted by Crippen LogP contribution is 2.41. The lowest BCUT2D eigenvalue weighted by Crippen LogP contribution is -2.38. The highest BCUT2D eigenvalue weighted by molar-refractivity contribution is 5.81. The van der Waals surface area contributed by atoms with E-state index in [2.05, 4.69) is 20.3 Å². The molecular weight excluding hydrogens is 330 g/mol. The van der Waals surface area contributed by atoms with Gasteiger partial charge in [0.25, 0.3) is 5.56 Å². The van der Waals surface area contributed by atoms with E-state index in [1.165, 1.54) is 6.07 Å². The van der Waals surface area contributed by atoms with Gasteiger partial charge in [0.15, 0.2) is 0 Å². The molecular formula is C19H23N5O2. The second kappa shape index (κ2) is 6.99. The Morgan fingerprint density at radius 3 is 2.88 bits per heavy atom. The molecule has 0 unspecified atom stereocenters. The van der Waals surface area contributed by atoms with Crippen molar-refractivity contribution in [3.8, 4) is 0 Å². The summed E-state index contributed by atoms with van der Waals surface area (Å²) in [6, 6.07) is 5.76. The molecule has 2 aliphatic rings. The summed E-state index contributed by atoms with van der Waals surface area (Å²) < 4.78 is 0. The smallest absolute Gasteiger partial charge is 0.251 e. The van der Waals surface area contributed by atoms with E-state index < -0.39 is 0 Å². The van der Waals surface area contributed by atoms with Gasteiger partial charge in [-0.3, -0.25) is 14.6 Å². The minimum atomic E-state index is -0.139. The van der Waals surface area contributed by atoms with Gasteiger partial charge in [-0.05, 0) is 30.9 Å². The number of aromatic amines is 1. The number of rotatable bonds is 6. The first kappa shape index (κ1) is 16.9. The van der Waals surface area contributed by atoms with Gasteiger partial charge in [-0.15, -0.1) is 0 Å². The van der Waals surface area contributed by atoms with Crippen LogP contribution in [0.2, 0.25) is 0 Å². The van der Waals surface area contributed by atoms with E-state index in [1.807, 2.05) is 30.2 Å². The van der Waals surface area contributed by atoms with Crippen molar-refractivity contribution >= 4 is 5.91 Å². The molecule has 1 saturated carbocycles. The van der Waals surface area contributed by atoms with Crippen LogP contribution in [0.1, 0.15) is 49.3 Å². The Bertz CT molecular complexity index is 847. The average molecular weight is 353 g/mol. The SMILES string of the molecule is CCc1cc(=O)[nH]c(CN[C@@H]2CC(=O)N(C3CC3)[C@H]2c2cccnc2)n1. The number of hydrogen-bond donors (Lipinski definition) is 2. The predicted molar refractivity (Wildman–Crippen MR) is 96.3 cm³/mol. The van der Waals surface area contributed by atoms with Crippen molar-refractivity contribution in [2.24, 2.45) is 0 Å². The molecule has 1 aliphatic heterocycles. The van der Waals surface area contributed by atoms with Crippen LogP contribution in [-0.4, -0.2) is 37.8 Å². The summed E-state index contributed by atoms with van der Waals surface area (Å²) in [6.07, 6.45) is 6.89. The first-order valence-electron chi connectivity index (χ1n) is 9.19. The fraction of sp³-hybridized carbons (Fsp3) is 0.474. The molecule has 2 fully saturated rings. The summed E-state index contributed by atoms with van der Waals surface area (Å²) in [5, 5.41) is 3.45. The molecule has 0 aromatic carbocycles. The van der Waals surface area contributed by atoms with E-state index in [-0.39, 0.29) is 23.6 Å². The molecule has 1 aliphatic carbocycles. The maximum absolute atomic E-state index is 12.6. The lowest BCUT2D eigenvalue weighted by atomic mass is 10.0. The molecule has 0 radical (unpaired) electrons. The Balaban J connectivity index is 1.55. The highest BCUT2D eigenvalue weighted by Gasteiger charge is 2.47. The van der Waals surface area contributed by atoms with Crippen molar-refractivity contribution in [1.29, 1.82) is 0 Å². The molecule has 1 amide bonds. The number of amides is 1. The van der Waals surface area contributed by atoms with Crippen LogP contribution in [0.15, 0.2) is 35.4 Å². The van der Waals surface area contributed by atoms with Gasteiger partial charge in [0.05, 0.1) is 12.6 Å². The maximum atomic E-state index is 12.6. The van der Waals surface area contributed by atoms with Crippen LogP contribution < -0.4 is 10.9 Å². The number of aryl methyl sites for hydroxylation is 1. The highest BCUT2D eigenvalue weighted by atomic mass is 16.2. The first-order chi connectivity index (χ1) is 12.7. The third-order valence-corrected chi connectivity index (χ3v) is 5.07. The van der Waals surface area contributed by atoms with Gasteiger partial charge in [0.1, 0.15) is 5.82 Å². The zero-order chi connectivity index (χ0) is 18.1. The zero-order valence-corrected chi connectivity index (χ0v) is 14.8. The third kappa shape index (κ3) is 3.39. The summed E-state index contributed by atoms with van der Waals surface area (Å²) in [7, 11) is 0. The minimum absolute atomic E-state index is 0.0234. The van der Waals surface area contributed by atoms with Crippen LogP contribution in [0.5, 0.6) is 0 Å². The number of carbonyl (C=O) groups is 1. The number of aromatic nitrogens is 3. The lowest BCUT2D eigenvalue weighted by Gasteiger charge is -2.29. The van der Waals surface area contributed by atoms with Gasteiger partial charge < -0.3 is 15.2 Å². The number of H-pyrrole nitrogens is 1. The molecule has 2 aromatic rings. The molecule has 4 rings (SSSR count). The second-order valence-electron chi connectivity index (χ2n) is 6.99. The molecule has 3 heterocycles. The van der Waals surface area contributed by atoms with Gasteiger partial charge in [0, 0.05) is 42.7 Å². The van der Waals surface area contributed by atoms with Crippen LogP contribution in [0.4, 0.5) is 0 Å². The zero-order valence-electron chi connectivity index (χ0n) is 14.8. The molecule has 2 aromatic heterocycles. The van der Waals surface area contributed by atoms with Gasteiger partial charge in [0.2, 0.25) is 5.91 Å². The van der Waals surface area contributed by atoms with E-state index in [4.69, 9.17) is 0 Å². The standard InChI is InChI=1S/C19H23N5O2/c1-2-13-8-17(25)23-16(22-13)11-21-15-9-18(26)24(14-5-6-14)19(15)12-4-3-7-20-10-12/h3-4,7-8,10,14-15,19,21H,2,5-6,9,11H2,1H3,(H,22,23,25)/t15-,19+/m1/s1.